The Morgan fingerprint density at radius 2 is 1.97 bits per heavy atom. The van der Waals surface area contributed by atoms with Crippen LogP contribution < -0.4 is 4.74 Å². The molecule has 150 valence electrons. The third kappa shape index (κ3) is 4.62. The minimum absolute atomic E-state index is 0.00507. The Labute approximate surface area is 168 Å². The number of amides is 1. The maximum atomic E-state index is 13.1. The number of hydrogen-bond acceptors (Lipinski definition) is 4. The predicted molar refractivity (Wildman–Crippen MR) is 107 cm³/mol. The van der Waals surface area contributed by atoms with Crippen molar-refractivity contribution in [3.8, 4) is 17.1 Å². The van der Waals surface area contributed by atoms with Gasteiger partial charge in [-0.05, 0) is 61.7 Å². The van der Waals surface area contributed by atoms with Crippen LogP contribution in [0.2, 0.25) is 0 Å². The third-order valence-electron chi connectivity index (χ3n) is 5.19. The van der Waals surface area contributed by atoms with Crippen molar-refractivity contribution in [2.45, 2.75) is 25.7 Å². The molecule has 1 aromatic heterocycles. The first-order valence-electron chi connectivity index (χ1n) is 9.74. The smallest absolute Gasteiger partial charge is 0.260 e. The van der Waals surface area contributed by atoms with E-state index >= 15 is 0 Å². The van der Waals surface area contributed by atoms with Gasteiger partial charge in [0.15, 0.2) is 12.4 Å². The second kappa shape index (κ2) is 8.43. The summed E-state index contributed by atoms with van der Waals surface area (Å²) in [6.45, 7) is 3.36. The Morgan fingerprint density at radius 1 is 1.21 bits per heavy atom. The number of rotatable bonds is 5. The van der Waals surface area contributed by atoms with E-state index in [9.17, 15) is 9.18 Å². The van der Waals surface area contributed by atoms with Crippen LogP contribution in [-0.2, 0) is 4.79 Å². The van der Waals surface area contributed by atoms with Crippen molar-refractivity contribution < 1.29 is 13.9 Å². The number of ether oxygens (including phenoxy) is 1. The van der Waals surface area contributed by atoms with Crippen molar-refractivity contribution in [2.24, 2.45) is 0 Å². The van der Waals surface area contributed by atoms with Gasteiger partial charge in [0.25, 0.3) is 5.91 Å². The summed E-state index contributed by atoms with van der Waals surface area (Å²) in [6.07, 6.45) is 1.63. The average Bonchev–Trinajstić information content (AvgIpc) is 3.23. The van der Waals surface area contributed by atoms with Crippen LogP contribution in [0.15, 0.2) is 48.5 Å². The van der Waals surface area contributed by atoms with Gasteiger partial charge in [0, 0.05) is 24.6 Å². The second-order valence-electron chi connectivity index (χ2n) is 7.31. The number of piperidine rings is 1. The van der Waals surface area contributed by atoms with Crippen LogP contribution in [0.1, 0.15) is 30.1 Å². The van der Waals surface area contributed by atoms with E-state index in [-0.39, 0.29) is 24.2 Å². The molecule has 0 saturated carbocycles. The zero-order valence-electron chi connectivity index (χ0n) is 16.3. The molecule has 6 nitrogen and oxygen atoms in total. The highest BCUT2D eigenvalue weighted by Crippen LogP contribution is 2.27. The number of likely N-dealkylation sites (tertiary alicyclic amines) is 1. The summed E-state index contributed by atoms with van der Waals surface area (Å²) in [7, 11) is 0. The zero-order valence-corrected chi connectivity index (χ0v) is 16.3. The van der Waals surface area contributed by atoms with E-state index in [1.54, 1.807) is 12.1 Å². The number of aryl methyl sites for hydroxylation is 1. The fourth-order valence-electron chi connectivity index (χ4n) is 3.53. The van der Waals surface area contributed by atoms with E-state index in [2.05, 4.69) is 15.2 Å². The van der Waals surface area contributed by atoms with E-state index in [0.29, 0.717) is 24.7 Å². The average molecular weight is 394 g/mol. The van der Waals surface area contributed by atoms with Gasteiger partial charge < -0.3 is 9.64 Å². The summed E-state index contributed by atoms with van der Waals surface area (Å²) in [6, 6.07) is 13.8. The van der Waals surface area contributed by atoms with Crippen LogP contribution in [0.4, 0.5) is 4.39 Å². The Balaban J connectivity index is 1.30. The SMILES string of the molecule is Cc1cccc(OCC(=O)N2CCC(c3nc(-c4ccc(F)cc4)n[nH]3)CC2)c1. The van der Waals surface area contributed by atoms with E-state index in [1.807, 2.05) is 36.1 Å². The van der Waals surface area contributed by atoms with E-state index in [4.69, 9.17) is 4.74 Å². The summed E-state index contributed by atoms with van der Waals surface area (Å²) in [4.78, 5) is 18.9. The van der Waals surface area contributed by atoms with Crippen molar-refractivity contribution in [3.63, 3.8) is 0 Å². The maximum absolute atomic E-state index is 13.1. The second-order valence-corrected chi connectivity index (χ2v) is 7.31. The van der Waals surface area contributed by atoms with E-state index in [0.717, 1.165) is 29.8 Å². The quantitative estimate of drug-likeness (QED) is 0.716. The van der Waals surface area contributed by atoms with Crippen molar-refractivity contribution in [1.82, 2.24) is 20.1 Å². The summed E-state index contributed by atoms with van der Waals surface area (Å²) in [5.41, 5.74) is 1.87. The first-order valence-corrected chi connectivity index (χ1v) is 9.74. The highest BCUT2D eigenvalue weighted by molar-refractivity contribution is 5.77. The largest absolute Gasteiger partial charge is 0.484 e. The van der Waals surface area contributed by atoms with Gasteiger partial charge in [0.05, 0.1) is 0 Å². The number of aromatic nitrogens is 3. The minimum atomic E-state index is -0.284. The monoisotopic (exact) mass is 394 g/mol. The Morgan fingerprint density at radius 3 is 2.69 bits per heavy atom. The van der Waals surface area contributed by atoms with Gasteiger partial charge in [-0.2, -0.15) is 5.10 Å². The van der Waals surface area contributed by atoms with Crippen molar-refractivity contribution in [3.05, 3.63) is 65.7 Å². The van der Waals surface area contributed by atoms with Gasteiger partial charge in [-0.25, -0.2) is 9.37 Å². The molecule has 0 bridgehead atoms. The number of benzene rings is 2. The molecule has 0 atom stereocenters. The standard InChI is InChI=1S/C22H23FN4O2/c1-15-3-2-4-19(13-15)29-14-20(28)27-11-9-17(10-12-27)22-24-21(25-26-22)16-5-7-18(23)8-6-16/h2-8,13,17H,9-12,14H2,1H3,(H,24,25,26). The molecule has 4 rings (SSSR count). The summed E-state index contributed by atoms with van der Waals surface area (Å²) < 4.78 is 18.7. The normalized spacial score (nSPS) is 14.8. The molecule has 1 aliphatic heterocycles. The third-order valence-corrected chi connectivity index (χ3v) is 5.19. The fourth-order valence-corrected chi connectivity index (χ4v) is 3.53. The Hall–Kier alpha value is -3.22. The number of carbonyl (C=O) groups excluding carboxylic acids is 1. The molecule has 0 radical (unpaired) electrons. The molecule has 1 aliphatic rings. The van der Waals surface area contributed by atoms with Gasteiger partial charge in [-0.3, -0.25) is 9.89 Å². The van der Waals surface area contributed by atoms with Gasteiger partial charge in [-0.15, -0.1) is 0 Å². The first-order chi connectivity index (χ1) is 14.1. The van der Waals surface area contributed by atoms with Gasteiger partial charge >= 0.3 is 0 Å². The number of aromatic amines is 1. The molecule has 0 unspecified atom stereocenters. The lowest BCUT2D eigenvalue weighted by Crippen LogP contribution is -2.40. The van der Waals surface area contributed by atoms with Crippen LogP contribution in [0.25, 0.3) is 11.4 Å². The molecule has 1 saturated heterocycles. The van der Waals surface area contributed by atoms with Crippen LogP contribution >= 0.6 is 0 Å². The highest BCUT2D eigenvalue weighted by Gasteiger charge is 2.26. The number of carbonyl (C=O) groups is 1. The van der Waals surface area contributed by atoms with Crippen LogP contribution in [0, 0.1) is 12.7 Å². The topological polar surface area (TPSA) is 71.1 Å². The Bertz CT molecular complexity index is 978. The molecule has 2 heterocycles. The number of nitrogens with one attached hydrogen (secondary N) is 1. The van der Waals surface area contributed by atoms with Gasteiger partial charge in [-0.1, -0.05) is 12.1 Å². The first kappa shape index (κ1) is 19.1. The molecule has 1 N–H and O–H groups in total. The lowest BCUT2D eigenvalue weighted by atomic mass is 9.96. The van der Waals surface area contributed by atoms with Crippen LogP contribution in [-0.4, -0.2) is 45.7 Å². The summed E-state index contributed by atoms with van der Waals surface area (Å²) in [5.74, 6) is 2.02. The maximum Gasteiger partial charge on any atom is 0.260 e. The lowest BCUT2D eigenvalue weighted by Gasteiger charge is -2.30. The summed E-state index contributed by atoms with van der Waals surface area (Å²) in [5, 5.41) is 7.26. The molecular formula is C22H23FN4O2. The molecule has 0 spiro atoms. The predicted octanol–water partition coefficient (Wildman–Crippen LogP) is 3.70. The Kier molecular flexibility index (Phi) is 5.55. The number of H-pyrrole nitrogens is 1. The fraction of sp³-hybridized carbons (Fsp3) is 0.318. The molecule has 0 aliphatic carbocycles. The van der Waals surface area contributed by atoms with Crippen LogP contribution in [0.3, 0.4) is 0 Å². The molecule has 1 amide bonds. The number of halogens is 1. The number of nitrogens with zero attached hydrogens (tertiary/aromatic N) is 3. The molecular weight excluding hydrogens is 371 g/mol. The van der Waals surface area contributed by atoms with Crippen molar-refractivity contribution in [2.75, 3.05) is 19.7 Å². The molecule has 3 aromatic rings. The number of hydrogen-bond donors (Lipinski definition) is 1. The van der Waals surface area contributed by atoms with Crippen molar-refractivity contribution in [1.29, 1.82) is 0 Å². The molecule has 29 heavy (non-hydrogen) atoms. The molecule has 1 fully saturated rings. The van der Waals surface area contributed by atoms with E-state index < -0.39 is 0 Å². The minimum Gasteiger partial charge on any atom is -0.484 e. The van der Waals surface area contributed by atoms with Crippen LogP contribution in [0.5, 0.6) is 5.75 Å². The van der Waals surface area contributed by atoms with E-state index in [1.165, 1.54) is 12.1 Å². The zero-order chi connectivity index (χ0) is 20.2. The molecule has 7 heteroatoms. The van der Waals surface area contributed by atoms with Crippen molar-refractivity contribution >= 4 is 5.91 Å². The van der Waals surface area contributed by atoms with Gasteiger partial charge in [0.1, 0.15) is 17.4 Å². The summed E-state index contributed by atoms with van der Waals surface area (Å²) >= 11 is 0. The lowest BCUT2D eigenvalue weighted by molar-refractivity contribution is -0.134. The molecule has 2 aromatic carbocycles. The van der Waals surface area contributed by atoms with Gasteiger partial charge in [0.2, 0.25) is 0 Å². The highest BCUT2D eigenvalue weighted by atomic mass is 19.1.